The molecule has 0 heterocycles. The Kier molecular flexibility index (Phi) is 5.84. The van der Waals surface area contributed by atoms with E-state index in [1.165, 1.54) is 6.92 Å². The highest BCUT2D eigenvalue weighted by Crippen LogP contribution is 2.18. The van der Waals surface area contributed by atoms with Crippen molar-refractivity contribution in [2.45, 2.75) is 31.1 Å². The molecule has 0 radical (unpaired) electrons. The molecule has 4 nitrogen and oxygen atoms in total. The molecule has 7 heteroatoms. The smallest absolute Gasteiger partial charge is 0.243 e. The minimum atomic E-state index is -3.97. The highest BCUT2D eigenvalue weighted by atomic mass is 32.2. The van der Waals surface area contributed by atoms with Crippen molar-refractivity contribution in [2.75, 3.05) is 13.2 Å². The lowest BCUT2D eigenvalue weighted by molar-refractivity contribution is 0.283. The van der Waals surface area contributed by atoms with E-state index in [1.807, 2.05) is 0 Å². The Morgan fingerprint density at radius 1 is 1.16 bits per heavy atom. The van der Waals surface area contributed by atoms with Crippen molar-refractivity contribution in [1.29, 1.82) is 0 Å². The van der Waals surface area contributed by atoms with Gasteiger partial charge in [0, 0.05) is 19.2 Å². The SMILES string of the molecule is Cc1cc(S(=O)(=O)NCCCCCO)c(F)cc1F. The molecule has 0 saturated carbocycles. The van der Waals surface area contributed by atoms with E-state index >= 15 is 0 Å². The third-order valence-electron chi connectivity index (χ3n) is 2.63. The molecule has 0 bridgehead atoms. The summed E-state index contributed by atoms with van der Waals surface area (Å²) in [7, 11) is -3.97. The fourth-order valence-corrected chi connectivity index (χ4v) is 2.75. The number of aryl methyl sites for hydroxylation is 1. The van der Waals surface area contributed by atoms with E-state index in [2.05, 4.69) is 4.72 Å². The maximum atomic E-state index is 13.5. The van der Waals surface area contributed by atoms with Gasteiger partial charge in [0.25, 0.3) is 0 Å². The van der Waals surface area contributed by atoms with Crippen LogP contribution in [0.15, 0.2) is 17.0 Å². The van der Waals surface area contributed by atoms with Gasteiger partial charge in [0.1, 0.15) is 16.5 Å². The van der Waals surface area contributed by atoms with E-state index in [0.717, 1.165) is 6.07 Å². The third kappa shape index (κ3) is 4.52. The average molecular weight is 293 g/mol. The first-order valence-corrected chi connectivity index (χ1v) is 7.43. The number of aliphatic hydroxyl groups is 1. The summed E-state index contributed by atoms with van der Waals surface area (Å²) in [4.78, 5) is -0.548. The van der Waals surface area contributed by atoms with Gasteiger partial charge in [-0.3, -0.25) is 0 Å². The van der Waals surface area contributed by atoms with Crippen LogP contribution in [0.5, 0.6) is 0 Å². The molecule has 108 valence electrons. The van der Waals surface area contributed by atoms with Crippen molar-refractivity contribution in [1.82, 2.24) is 4.72 Å². The van der Waals surface area contributed by atoms with E-state index in [4.69, 9.17) is 5.11 Å². The Bertz CT molecular complexity index is 532. The average Bonchev–Trinajstić information content (AvgIpc) is 2.33. The lowest BCUT2D eigenvalue weighted by Crippen LogP contribution is -2.26. The number of hydrogen-bond donors (Lipinski definition) is 2. The van der Waals surface area contributed by atoms with E-state index in [9.17, 15) is 17.2 Å². The molecule has 0 unspecified atom stereocenters. The van der Waals surface area contributed by atoms with Crippen LogP contribution < -0.4 is 4.72 Å². The van der Waals surface area contributed by atoms with Gasteiger partial charge in [0.2, 0.25) is 10.0 Å². The molecule has 0 atom stereocenters. The number of unbranched alkanes of at least 4 members (excludes halogenated alkanes) is 2. The molecular formula is C12H17F2NO3S. The molecule has 0 aliphatic heterocycles. The van der Waals surface area contributed by atoms with Gasteiger partial charge >= 0.3 is 0 Å². The zero-order valence-electron chi connectivity index (χ0n) is 10.6. The number of aliphatic hydroxyl groups excluding tert-OH is 1. The number of nitrogens with one attached hydrogen (secondary N) is 1. The predicted octanol–water partition coefficient (Wildman–Crippen LogP) is 1.71. The normalized spacial score (nSPS) is 11.8. The topological polar surface area (TPSA) is 66.4 Å². The predicted molar refractivity (Wildman–Crippen MR) is 67.2 cm³/mol. The van der Waals surface area contributed by atoms with E-state index in [1.54, 1.807) is 0 Å². The second-order valence-electron chi connectivity index (χ2n) is 4.21. The van der Waals surface area contributed by atoms with Gasteiger partial charge in [0.15, 0.2) is 0 Å². The molecule has 0 amide bonds. The quantitative estimate of drug-likeness (QED) is 0.752. The van der Waals surface area contributed by atoms with Crippen LogP contribution in [-0.4, -0.2) is 26.7 Å². The number of hydrogen-bond acceptors (Lipinski definition) is 3. The van der Waals surface area contributed by atoms with Crippen LogP contribution in [0.25, 0.3) is 0 Å². The van der Waals surface area contributed by atoms with Gasteiger partial charge in [-0.1, -0.05) is 0 Å². The summed E-state index contributed by atoms with van der Waals surface area (Å²) in [6.07, 6.45) is 1.80. The van der Waals surface area contributed by atoms with Crippen LogP contribution in [0.3, 0.4) is 0 Å². The van der Waals surface area contributed by atoms with Crippen LogP contribution in [0.1, 0.15) is 24.8 Å². The fraction of sp³-hybridized carbons (Fsp3) is 0.500. The van der Waals surface area contributed by atoms with Crippen LogP contribution in [0, 0.1) is 18.6 Å². The Balaban J connectivity index is 2.75. The van der Waals surface area contributed by atoms with E-state index in [-0.39, 0.29) is 18.7 Å². The maximum Gasteiger partial charge on any atom is 0.243 e. The summed E-state index contributed by atoms with van der Waals surface area (Å²) in [5.41, 5.74) is 0.0713. The van der Waals surface area contributed by atoms with Gasteiger partial charge in [-0.25, -0.2) is 21.9 Å². The minimum absolute atomic E-state index is 0.0541. The molecule has 0 spiro atoms. The monoisotopic (exact) mass is 293 g/mol. The molecule has 1 rings (SSSR count). The van der Waals surface area contributed by atoms with E-state index in [0.29, 0.717) is 25.3 Å². The molecule has 2 N–H and O–H groups in total. The Morgan fingerprint density at radius 2 is 1.84 bits per heavy atom. The van der Waals surface area contributed by atoms with Crippen molar-refractivity contribution >= 4 is 10.0 Å². The van der Waals surface area contributed by atoms with E-state index < -0.39 is 26.6 Å². The second kappa shape index (κ2) is 6.93. The molecule has 0 aromatic heterocycles. The number of halogens is 2. The number of benzene rings is 1. The summed E-state index contributed by atoms with van der Waals surface area (Å²) in [5, 5.41) is 8.57. The van der Waals surface area contributed by atoms with Gasteiger partial charge in [-0.2, -0.15) is 0 Å². The van der Waals surface area contributed by atoms with Gasteiger partial charge in [-0.15, -0.1) is 0 Å². The molecule has 1 aromatic carbocycles. The summed E-state index contributed by atoms with van der Waals surface area (Å²) in [5.74, 6) is -1.88. The molecule has 0 fully saturated rings. The van der Waals surface area contributed by atoms with Gasteiger partial charge in [-0.05, 0) is 37.8 Å². The Labute approximate surface area is 111 Å². The van der Waals surface area contributed by atoms with Crippen molar-refractivity contribution in [3.05, 3.63) is 29.3 Å². The summed E-state index contributed by atoms with van der Waals surface area (Å²) in [6, 6.07) is 1.54. The van der Waals surface area contributed by atoms with Crippen molar-refractivity contribution in [2.24, 2.45) is 0 Å². The maximum absolute atomic E-state index is 13.5. The molecule has 0 aliphatic rings. The second-order valence-corrected chi connectivity index (χ2v) is 5.95. The molecule has 0 aliphatic carbocycles. The lowest BCUT2D eigenvalue weighted by Gasteiger charge is -2.08. The fourth-order valence-electron chi connectivity index (χ4n) is 1.53. The zero-order chi connectivity index (χ0) is 14.5. The third-order valence-corrected chi connectivity index (χ3v) is 4.11. The van der Waals surface area contributed by atoms with Crippen LogP contribution in [0.4, 0.5) is 8.78 Å². The number of rotatable bonds is 7. The van der Waals surface area contributed by atoms with Crippen molar-refractivity contribution in [3.8, 4) is 0 Å². The molecule has 1 aromatic rings. The Morgan fingerprint density at radius 3 is 2.47 bits per heavy atom. The highest BCUT2D eigenvalue weighted by Gasteiger charge is 2.20. The lowest BCUT2D eigenvalue weighted by atomic mass is 10.2. The number of sulfonamides is 1. The molecule has 19 heavy (non-hydrogen) atoms. The molecular weight excluding hydrogens is 276 g/mol. The largest absolute Gasteiger partial charge is 0.396 e. The first kappa shape index (κ1) is 16.0. The summed E-state index contributed by atoms with van der Waals surface area (Å²) < 4.78 is 52.4. The summed E-state index contributed by atoms with van der Waals surface area (Å²) >= 11 is 0. The van der Waals surface area contributed by atoms with Crippen molar-refractivity contribution in [3.63, 3.8) is 0 Å². The van der Waals surface area contributed by atoms with Gasteiger partial charge < -0.3 is 5.11 Å². The minimum Gasteiger partial charge on any atom is -0.396 e. The first-order valence-electron chi connectivity index (χ1n) is 5.94. The first-order chi connectivity index (χ1) is 8.88. The van der Waals surface area contributed by atoms with Crippen LogP contribution >= 0.6 is 0 Å². The van der Waals surface area contributed by atoms with Gasteiger partial charge in [0.05, 0.1) is 0 Å². The van der Waals surface area contributed by atoms with Crippen LogP contribution in [0.2, 0.25) is 0 Å². The Hall–Kier alpha value is -1.05. The van der Waals surface area contributed by atoms with Crippen molar-refractivity contribution < 1.29 is 22.3 Å². The molecule has 0 saturated heterocycles. The highest BCUT2D eigenvalue weighted by molar-refractivity contribution is 7.89. The van der Waals surface area contributed by atoms with Crippen LogP contribution in [-0.2, 0) is 10.0 Å². The standard InChI is InChI=1S/C12H17F2NO3S/c1-9-7-12(11(14)8-10(9)13)19(17,18)15-5-3-2-4-6-16/h7-8,15-16H,2-6H2,1H3. The zero-order valence-corrected chi connectivity index (χ0v) is 11.4. The summed E-state index contributed by atoms with van der Waals surface area (Å²) in [6.45, 7) is 1.58.